The number of nitrogens with zero attached hydrogens (tertiary/aromatic N) is 1. The van der Waals surface area contributed by atoms with E-state index >= 15 is 0 Å². The van der Waals surface area contributed by atoms with Crippen molar-refractivity contribution in [1.82, 2.24) is 4.98 Å². The first kappa shape index (κ1) is 13.1. The summed E-state index contributed by atoms with van der Waals surface area (Å²) in [4.78, 5) is 15.6. The van der Waals surface area contributed by atoms with E-state index < -0.39 is 0 Å². The van der Waals surface area contributed by atoms with Gasteiger partial charge in [0.15, 0.2) is 5.13 Å². The second-order valence-electron chi connectivity index (χ2n) is 3.67. The first-order chi connectivity index (χ1) is 8.84. The summed E-state index contributed by atoms with van der Waals surface area (Å²) in [5, 5.41) is 5.30. The molecule has 1 heterocycles. The molecule has 0 aliphatic rings. The monoisotopic (exact) mass is 278 g/mol. The molecule has 0 atom stereocenters. The lowest BCUT2D eigenvalue weighted by atomic mass is 10.2. The molecule has 0 radical (unpaired) electrons. The lowest BCUT2D eigenvalue weighted by Crippen LogP contribution is -2.11. The lowest BCUT2D eigenvalue weighted by Gasteiger charge is -2.02. The van der Waals surface area contributed by atoms with Crippen LogP contribution in [0.15, 0.2) is 41.9 Å². The standard InChI is InChI=1S/C13H14N2OS2/c16-12(15-13-14-7-9-18-13)6-8-17-10-11-4-2-1-3-5-11/h1-5,7,9H,6,8,10H2,(H,14,15,16). The summed E-state index contributed by atoms with van der Waals surface area (Å²) in [7, 11) is 0. The Balaban J connectivity index is 1.62. The predicted octanol–water partition coefficient (Wildman–Crippen LogP) is 3.41. The van der Waals surface area contributed by atoms with Crippen LogP contribution in [0.25, 0.3) is 0 Å². The Hall–Kier alpha value is -1.33. The summed E-state index contributed by atoms with van der Waals surface area (Å²) in [6, 6.07) is 10.3. The highest BCUT2D eigenvalue weighted by Gasteiger charge is 2.03. The molecule has 0 saturated carbocycles. The van der Waals surface area contributed by atoms with Crippen molar-refractivity contribution < 1.29 is 4.79 Å². The highest BCUT2D eigenvalue weighted by Crippen LogP contribution is 2.14. The molecular weight excluding hydrogens is 264 g/mol. The number of thioether (sulfide) groups is 1. The number of carbonyl (C=O) groups is 1. The van der Waals surface area contributed by atoms with Crippen LogP contribution in [0.4, 0.5) is 5.13 Å². The number of thiazole rings is 1. The van der Waals surface area contributed by atoms with E-state index in [1.54, 1.807) is 18.0 Å². The Kier molecular flexibility index (Phi) is 5.23. The van der Waals surface area contributed by atoms with Crippen LogP contribution in [0.1, 0.15) is 12.0 Å². The van der Waals surface area contributed by atoms with Gasteiger partial charge in [0.05, 0.1) is 0 Å². The van der Waals surface area contributed by atoms with E-state index in [2.05, 4.69) is 22.4 Å². The highest BCUT2D eigenvalue weighted by molar-refractivity contribution is 7.98. The van der Waals surface area contributed by atoms with Gasteiger partial charge in [0, 0.05) is 29.5 Å². The van der Waals surface area contributed by atoms with Crippen LogP contribution in [0.2, 0.25) is 0 Å². The quantitative estimate of drug-likeness (QED) is 0.823. The molecule has 0 saturated heterocycles. The third-order valence-corrected chi connectivity index (χ3v) is 3.98. The SMILES string of the molecule is O=C(CCSCc1ccccc1)Nc1nccs1. The van der Waals surface area contributed by atoms with Crippen LogP contribution in [0.3, 0.4) is 0 Å². The van der Waals surface area contributed by atoms with Gasteiger partial charge in [-0.2, -0.15) is 11.8 Å². The molecule has 2 rings (SSSR count). The van der Waals surface area contributed by atoms with Crippen molar-refractivity contribution >= 4 is 34.1 Å². The minimum atomic E-state index is 0.0329. The summed E-state index contributed by atoms with van der Waals surface area (Å²) in [6.45, 7) is 0. The summed E-state index contributed by atoms with van der Waals surface area (Å²) in [6.07, 6.45) is 2.21. The molecule has 1 aromatic heterocycles. The maximum Gasteiger partial charge on any atom is 0.226 e. The summed E-state index contributed by atoms with van der Waals surface area (Å²) >= 11 is 3.21. The molecule has 1 N–H and O–H groups in total. The third kappa shape index (κ3) is 4.50. The Morgan fingerprint density at radius 1 is 1.33 bits per heavy atom. The molecular formula is C13H14N2OS2. The summed E-state index contributed by atoms with van der Waals surface area (Å²) in [5.41, 5.74) is 1.29. The minimum Gasteiger partial charge on any atom is -0.302 e. The fourth-order valence-corrected chi connectivity index (χ4v) is 2.84. The zero-order valence-corrected chi connectivity index (χ0v) is 11.5. The number of hydrogen-bond donors (Lipinski definition) is 1. The molecule has 0 fully saturated rings. The number of rotatable bonds is 6. The predicted molar refractivity (Wildman–Crippen MR) is 78.0 cm³/mol. The summed E-state index contributed by atoms with van der Waals surface area (Å²) < 4.78 is 0. The van der Waals surface area contributed by atoms with Gasteiger partial charge in [-0.1, -0.05) is 30.3 Å². The normalized spacial score (nSPS) is 10.2. The van der Waals surface area contributed by atoms with Gasteiger partial charge in [0.25, 0.3) is 0 Å². The zero-order chi connectivity index (χ0) is 12.6. The van der Waals surface area contributed by atoms with Crippen molar-refractivity contribution in [3.8, 4) is 0 Å². The van der Waals surface area contributed by atoms with Crippen LogP contribution in [-0.4, -0.2) is 16.6 Å². The maximum absolute atomic E-state index is 11.6. The topological polar surface area (TPSA) is 42.0 Å². The van der Waals surface area contributed by atoms with Crippen molar-refractivity contribution in [1.29, 1.82) is 0 Å². The number of hydrogen-bond acceptors (Lipinski definition) is 4. The first-order valence-corrected chi connectivity index (χ1v) is 7.69. The van der Waals surface area contributed by atoms with E-state index in [1.807, 2.05) is 23.6 Å². The van der Waals surface area contributed by atoms with Crippen LogP contribution in [0.5, 0.6) is 0 Å². The Morgan fingerprint density at radius 2 is 2.17 bits per heavy atom. The molecule has 0 aliphatic carbocycles. The minimum absolute atomic E-state index is 0.0329. The number of aromatic nitrogens is 1. The second kappa shape index (κ2) is 7.18. The highest BCUT2D eigenvalue weighted by atomic mass is 32.2. The molecule has 0 bridgehead atoms. The van der Waals surface area contributed by atoms with Crippen molar-refractivity contribution in [2.45, 2.75) is 12.2 Å². The fraction of sp³-hybridized carbons (Fsp3) is 0.231. The molecule has 0 aliphatic heterocycles. The summed E-state index contributed by atoms with van der Waals surface area (Å²) in [5.74, 6) is 1.81. The molecule has 3 nitrogen and oxygen atoms in total. The number of carbonyl (C=O) groups excluding carboxylic acids is 1. The van der Waals surface area contributed by atoms with E-state index in [-0.39, 0.29) is 5.91 Å². The van der Waals surface area contributed by atoms with Crippen LogP contribution in [-0.2, 0) is 10.5 Å². The molecule has 2 aromatic rings. The third-order valence-electron chi connectivity index (χ3n) is 2.26. The van der Waals surface area contributed by atoms with E-state index in [4.69, 9.17) is 0 Å². The van der Waals surface area contributed by atoms with Crippen molar-refractivity contribution in [2.75, 3.05) is 11.1 Å². The van der Waals surface area contributed by atoms with Gasteiger partial charge in [-0.05, 0) is 5.56 Å². The number of anilines is 1. The van der Waals surface area contributed by atoms with E-state index in [1.165, 1.54) is 16.9 Å². The van der Waals surface area contributed by atoms with Gasteiger partial charge in [-0.3, -0.25) is 4.79 Å². The van der Waals surface area contributed by atoms with Crippen LogP contribution < -0.4 is 5.32 Å². The molecule has 1 amide bonds. The smallest absolute Gasteiger partial charge is 0.226 e. The van der Waals surface area contributed by atoms with Gasteiger partial charge < -0.3 is 5.32 Å². The van der Waals surface area contributed by atoms with Gasteiger partial charge >= 0.3 is 0 Å². The largest absolute Gasteiger partial charge is 0.302 e. The Bertz CT molecular complexity index is 471. The number of amides is 1. The number of nitrogens with one attached hydrogen (secondary N) is 1. The molecule has 18 heavy (non-hydrogen) atoms. The average molecular weight is 278 g/mol. The van der Waals surface area contributed by atoms with Crippen LogP contribution >= 0.6 is 23.1 Å². The molecule has 5 heteroatoms. The van der Waals surface area contributed by atoms with E-state index in [9.17, 15) is 4.79 Å². The van der Waals surface area contributed by atoms with Gasteiger partial charge in [-0.15, -0.1) is 11.3 Å². The van der Waals surface area contributed by atoms with Crippen LogP contribution in [0, 0.1) is 0 Å². The molecule has 1 aromatic carbocycles. The van der Waals surface area contributed by atoms with Crippen molar-refractivity contribution in [3.05, 3.63) is 47.5 Å². The average Bonchev–Trinajstić information content (AvgIpc) is 2.89. The van der Waals surface area contributed by atoms with Gasteiger partial charge in [0.2, 0.25) is 5.91 Å². The van der Waals surface area contributed by atoms with Crippen molar-refractivity contribution in [2.24, 2.45) is 0 Å². The molecule has 0 spiro atoms. The molecule has 94 valence electrons. The lowest BCUT2D eigenvalue weighted by molar-refractivity contribution is -0.115. The number of benzene rings is 1. The Labute approximate surface area is 115 Å². The maximum atomic E-state index is 11.6. The fourth-order valence-electron chi connectivity index (χ4n) is 1.40. The van der Waals surface area contributed by atoms with E-state index in [0.717, 1.165) is 11.5 Å². The van der Waals surface area contributed by atoms with Gasteiger partial charge in [-0.25, -0.2) is 4.98 Å². The van der Waals surface area contributed by atoms with Gasteiger partial charge in [0.1, 0.15) is 0 Å². The molecule has 0 unspecified atom stereocenters. The Morgan fingerprint density at radius 3 is 2.89 bits per heavy atom. The van der Waals surface area contributed by atoms with E-state index in [0.29, 0.717) is 11.6 Å². The first-order valence-electron chi connectivity index (χ1n) is 5.65. The zero-order valence-electron chi connectivity index (χ0n) is 9.83. The second-order valence-corrected chi connectivity index (χ2v) is 5.67. The van der Waals surface area contributed by atoms with Crippen molar-refractivity contribution in [3.63, 3.8) is 0 Å².